The molecule has 0 saturated heterocycles. The summed E-state index contributed by atoms with van der Waals surface area (Å²) < 4.78 is 11.4. The summed E-state index contributed by atoms with van der Waals surface area (Å²) in [6.07, 6.45) is 2.39. The lowest BCUT2D eigenvalue weighted by Crippen LogP contribution is -2.38. The van der Waals surface area contributed by atoms with Crippen LogP contribution in [-0.2, 0) is 4.74 Å². The zero-order valence-electron chi connectivity index (χ0n) is 10.7. The van der Waals surface area contributed by atoms with Crippen molar-refractivity contribution < 1.29 is 9.15 Å². The molecule has 1 fully saturated rings. The third-order valence-electron chi connectivity index (χ3n) is 3.69. The third-order valence-corrected chi connectivity index (χ3v) is 3.99. The van der Waals surface area contributed by atoms with Crippen LogP contribution in [0.2, 0.25) is 5.02 Å². The molecule has 1 heterocycles. The molecule has 3 N–H and O–H groups in total. The Kier molecular flexibility index (Phi) is 3.50. The Labute approximate surface area is 116 Å². The molecule has 102 valence electrons. The zero-order chi connectivity index (χ0) is 13.4. The molecule has 1 saturated carbocycles. The Hall–Kier alpha value is -1.07. The van der Waals surface area contributed by atoms with Crippen molar-refractivity contribution in [3.8, 4) is 0 Å². The van der Waals surface area contributed by atoms with E-state index in [2.05, 4.69) is 5.43 Å². The average Bonchev–Trinajstić information content (AvgIpc) is 3.15. The van der Waals surface area contributed by atoms with E-state index in [4.69, 9.17) is 26.6 Å². The Bertz CT molecular complexity index is 580. The number of rotatable bonds is 5. The van der Waals surface area contributed by atoms with Gasteiger partial charge in [0.05, 0.1) is 11.1 Å². The Morgan fingerprint density at radius 3 is 2.84 bits per heavy atom. The van der Waals surface area contributed by atoms with Crippen molar-refractivity contribution in [3.63, 3.8) is 0 Å². The SMILES string of the molecule is COC(C1CC1)C(NN)c1cc2cccc(Cl)c2o1. The van der Waals surface area contributed by atoms with Gasteiger partial charge in [0.2, 0.25) is 0 Å². The summed E-state index contributed by atoms with van der Waals surface area (Å²) in [4.78, 5) is 0. The number of benzene rings is 1. The van der Waals surface area contributed by atoms with Gasteiger partial charge in [0.1, 0.15) is 11.8 Å². The van der Waals surface area contributed by atoms with Crippen molar-refractivity contribution in [1.29, 1.82) is 0 Å². The molecule has 19 heavy (non-hydrogen) atoms. The van der Waals surface area contributed by atoms with E-state index in [0.717, 1.165) is 11.1 Å². The van der Waals surface area contributed by atoms with Gasteiger partial charge in [-0.1, -0.05) is 23.7 Å². The van der Waals surface area contributed by atoms with Gasteiger partial charge in [-0.05, 0) is 30.9 Å². The lowest BCUT2D eigenvalue weighted by atomic mass is 10.0. The van der Waals surface area contributed by atoms with Gasteiger partial charge in [0.25, 0.3) is 0 Å². The molecule has 2 atom stereocenters. The summed E-state index contributed by atoms with van der Waals surface area (Å²) in [5, 5.41) is 1.59. The molecule has 1 aliphatic rings. The number of ether oxygens (including phenoxy) is 1. The van der Waals surface area contributed by atoms with E-state index in [1.54, 1.807) is 7.11 Å². The second kappa shape index (κ2) is 5.13. The number of hydrazine groups is 1. The molecule has 1 aromatic carbocycles. The summed E-state index contributed by atoms with van der Waals surface area (Å²) in [6.45, 7) is 0. The van der Waals surface area contributed by atoms with Crippen molar-refractivity contribution in [3.05, 3.63) is 35.0 Å². The largest absolute Gasteiger partial charge is 0.458 e. The van der Waals surface area contributed by atoms with Crippen LogP contribution in [0.4, 0.5) is 0 Å². The van der Waals surface area contributed by atoms with Gasteiger partial charge in [-0.2, -0.15) is 0 Å². The number of nitrogens with one attached hydrogen (secondary N) is 1. The van der Waals surface area contributed by atoms with E-state index in [9.17, 15) is 0 Å². The van der Waals surface area contributed by atoms with E-state index >= 15 is 0 Å². The zero-order valence-corrected chi connectivity index (χ0v) is 11.5. The first-order valence-corrected chi connectivity index (χ1v) is 6.79. The topological polar surface area (TPSA) is 60.4 Å². The number of hydrogen-bond acceptors (Lipinski definition) is 4. The Morgan fingerprint density at radius 2 is 2.26 bits per heavy atom. The quantitative estimate of drug-likeness (QED) is 0.653. The maximum atomic E-state index is 6.13. The average molecular weight is 281 g/mol. The monoisotopic (exact) mass is 280 g/mol. The van der Waals surface area contributed by atoms with Crippen LogP contribution in [0.5, 0.6) is 0 Å². The number of furan rings is 1. The normalized spacial score (nSPS) is 18.7. The van der Waals surface area contributed by atoms with E-state index < -0.39 is 0 Å². The predicted molar refractivity (Wildman–Crippen MR) is 74.8 cm³/mol. The molecule has 0 radical (unpaired) electrons. The smallest absolute Gasteiger partial charge is 0.152 e. The van der Waals surface area contributed by atoms with Crippen molar-refractivity contribution in [2.45, 2.75) is 25.0 Å². The van der Waals surface area contributed by atoms with E-state index in [1.165, 1.54) is 12.8 Å². The van der Waals surface area contributed by atoms with Gasteiger partial charge in [-0.15, -0.1) is 0 Å². The number of para-hydroxylation sites is 1. The minimum absolute atomic E-state index is 0.0318. The van der Waals surface area contributed by atoms with Crippen LogP contribution in [0.3, 0.4) is 0 Å². The first kappa shape index (κ1) is 12.9. The van der Waals surface area contributed by atoms with Crippen LogP contribution in [-0.4, -0.2) is 13.2 Å². The highest BCUT2D eigenvalue weighted by atomic mass is 35.5. The van der Waals surface area contributed by atoms with Gasteiger partial charge in [0, 0.05) is 12.5 Å². The Balaban J connectivity index is 1.98. The molecule has 1 aromatic heterocycles. The highest BCUT2D eigenvalue weighted by Crippen LogP contribution is 2.41. The van der Waals surface area contributed by atoms with Crippen LogP contribution < -0.4 is 11.3 Å². The molecule has 0 aliphatic heterocycles. The molecule has 5 heteroatoms. The third kappa shape index (κ3) is 2.37. The highest BCUT2D eigenvalue weighted by molar-refractivity contribution is 6.34. The van der Waals surface area contributed by atoms with Crippen LogP contribution >= 0.6 is 11.6 Å². The van der Waals surface area contributed by atoms with Gasteiger partial charge in [-0.3, -0.25) is 5.84 Å². The van der Waals surface area contributed by atoms with Crippen molar-refractivity contribution in [2.24, 2.45) is 11.8 Å². The fourth-order valence-corrected chi connectivity index (χ4v) is 2.79. The summed E-state index contributed by atoms with van der Waals surface area (Å²) in [5.41, 5.74) is 3.51. The number of halogens is 1. The lowest BCUT2D eigenvalue weighted by molar-refractivity contribution is 0.0444. The first-order valence-electron chi connectivity index (χ1n) is 6.41. The van der Waals surface area contributed by atoms with Crippen LogP contribution in [0.15, 0.2) is 28.7 Å². The van der Waals surface area contributed by atoms with Crippen LogP contribution in [0, 0.1) is 5.92 Å². The number of fused-ring (bicyclic) bond motifs is 1. The fraction of sp³-hybridized carbons (Fsp3) is 0.429. The van der Waals surface area contributed by atoms with Gasteiger partial charge in [-0.25, -0.2) is 5.43 Å². The highest BCUT2D eigenvalue weighted by Gasteiger charge is 2.38. The number of nitrogens with two attached hydrogens (primary N) is 1. The summed E-state index contributed by atoms with van der Waals surface area (Å²) in [7, 11) is 1.71. The summed E-state index contributed by atoms with van der Waals surface area (Å²) in [6, 6.07) is 7.52. The van der Waals surface area contributed by atoms with E-state index in [0.29, 0.717) is 16.5 Å². The fourth-order valence-electron chi connectivity index (χ4n) is 2.57. The van der Waals surface area contributed by atoms with Gasteiger partial charge in [0.15, 0.2) is 5.58 Å². The van der Waals surface area contributed by atoms with Crippen molar-refractivity contribution >= 4 is 22.6 Å². The first-order chi connectivity index (χ1) is 9.24. The number of methoxy groups -OCH3 is 1. The van der Waals surface area contributed by atoms with Gasteiger partial charge >= 0.3 is 0 Å². The Morgan fingerprint density at radius 1 is 1.47 bits per heavy atom. The predicted octanol–water partition coefficient (Wildman–Crippen LogP) is 3.02. The second-order valence-corrected chi connectivity index (χ2v) is 5.40. The molecular formula is C14H17ClN2O2. The number of hydrogen-bond donors (Lipinski definition) is 2. The standard InChI is InChI=1S/C14H17ClN2O2/c1-18-14(8-5-6-8)12(17-16)11-7-9-3-2-4-10(15)13(9)19-11/h2-4,7-8,12,14,17H,5-6,16H2,1H3. The van der Waals surface area contributed by atoms with Crippen molar-refractivity contribution in [1.82, 2.24) is 5.43 Å². The molecule has 3 rings (SSSR count). The molecule has 4 nitrogen and oxygen atoms in total. The second-order valence-electron chi connectivity index (χ2n) is 4.99. The van der Waals surface area contributed by atoms with E-state index in [1.807, 2.05) is 24.3 Å². The minimum atomic E-state index is -0.152. The van der Waals surface area contributed by atoms with Crippen LogP contribution in [0.25, 0.3) is 11.0 Å². The van der Waals surface area contributed by atoms with Crippen LogP contribution in [0.1, 0.15) is 24.6 Å². The van der Waals surface area contributed by atoms with Crippen molar-refractivity contribution in [2.75, 3.05) is 7.11 Å². The molecule has 1 aliphatic carbocycles. The summed E-state index contributed by atoms with van der Waals surface area (Å²) in [5.74, 6) is 7.00. The molecule has 0 spiro atoms. The minimum Gasteiger partial charge on any atom is -0.458 e. The maximum absolute atomic E-state index is 6.13. The van der Waals surface area contributed by atoms with E-state index in [-0.39, 0.29) is 12.1 Å². The molecule has 2 aromatic rings. The lowest BCUT2D eigenvalue weighted by Gasteiger charge is -2.23. The molecule has 0 bridgehead atoms. The maximum Gasteiger partial charge on any atom is 0.152 e. The molecule has 0 amide bonds. The summed E-state index contributed by atoms with van der Waals surface area (Å²) >= 11 is 6.13. The molecule has 2 unspecified atom stereocenters. The van der Waals surface area contributed by atoms with Gasteiger partial charge < -0.3 is 9.15 Å². The molecular weight excluding hydrogens is 264 g/mol.